The molecule has 1 aliphatic carbocycles. The molecule has 184 valence electrons. The molecule has 2 rings (SSSR count). The molecule has 1 aliphatic rings. The minimum Gasteiger partial charge on any atom is -0.481 e. The second-order valence-electron chi connectivity index (χ2n) is 7.19. The molecular formula is C20H20BrClF3N5O4. The van der Waals surface area contributed by atoms with E-state index >= 15 is 0 Å². The summed E-state index contributed by atoms with van der Waals surface area (Å²) in [5, 5.41) is 14.0. The molecule has 0 fully saturated rings. The van der Waals surface area contributed by atoms with Gasteiger partial charge in [-0.15, -0.1) is 0 Å². The van der Waals surface area contributed by atoms with Crippen LogP contribution in [0.25, 0.3) is 0 Å². The summed E-state index contributed by atoms with van der Waals surface area (Å²) in [6.07, 6.45) is -0.350. The summed E-state index contributed by atoms with van der Waals surface area (Å²) in [4.78, 5) is 39.3. The fraction of sp³-hybridized carbons (Fsp3) is 0.300. The van der Waals surface area contributed by atoms with Crippen LogP contribution in [0.4, 0.5) is 18.9 Å². The van der Waals surface area contributed by atoms with Crippen LogP contribution in [-0.4, -0.2) is 40.2 Å². The number of halogens is 5. The molecule has 1 unspecified atom stereocenters. The number of carboxylic acids is 1. The highest BCUT2D eigenvalue weighted by molar-refractivity contribution is 9.10. The zero-order chi connectivity index (χ0) is 25.5. The Morgan fingerprint density at radius 1 is 1.29 bits per heavy atom. The van der Waals surface area contributed by atoms with Gasteiger partial charge in [0.05, 0.1) is 17.8 Å². The van der Waals surface area contributed by atoms with E-state index < -0.39 is 40.5 Å². The first-order valence-electron chi connectivity index (χ1n) is 9.60. The van der Waals surface area contributed by atoms with Crippen molar-refractivity contribution in [2.75, 3.05) is 6.54 Å². The molecule has 14 heteroatoms. The molecule has 0 saturated heterocycles. The van der Waals surface area contributed by atoms with E-state index in [4.69, 9.17) is 22.6 Å². The van der Waals surface area contributed by atoms with Gasteiger partial charge in [0, 0.05) is 23.4 Å². The third-order valence-electron chi connectivity index (χ3n) is 4.41. The molecule has 0 saturated carbocycles. The number of benzene rings is 1. The first-order valence-corrected chi connectivity index (χ1v) is 10.8. The molecule has 6 N–H and O–H groups in total. The Hall–Kier alpha value is -2.90. The predicted octanol–water partition coefficient (Wildman–Crippen LogP) is 3.08. The van der Waals surface area contributed by atoms with Crippen LogP contribution in [0.2, 0.25) is 0 Å². The van der Waals surface area contributed by atoms with E-state index in [0.29, 0.717) is 11.6 Å². The number of aliphatic carboxylic acids is 1. The van der Waals surface area contributed by atoms with Crippen LogP contribution in [0.3, 0.4) is 0 Å². The SMILES string of the molecule is NNC=Nc1cc(C(=O)NCC(=O)NC2(Br)C=C(Cl)C=C(CCC(=O)O)C2)cc(C(F)(F)F)c1. The summed E-state index contributed by atoms with van der Waals surface area (Å²) in [5.74, 6) is 2.44. The lowest BCUT2D eigenvalue weighted by molar-refractivity contribution is -0.138. The van der Waals surface area contributed by atoms with E-state index in [1.165, 1.54) is 6.08 Å². The highest BCUT2D eigenvalue weighted by atomic mass is 79.9. The van der Waals surface area contributed by atoms with E-state index in [2.05, 4.69) is 31.6 Å². The highest BCUT2D eigenvalue weighted by Crippen LogP contribution is 2.35. The Morgan fingerprint density at radius 3 is 2.62 bits per heavy atom. The number of carbonyl (C=O) groups excluding carboxylic acids is 2. The minimum atomic E-state index is -4.73. The van der Waals surface area contributed by atoms with Crippen LogP contribution in [0.1, 0.15) is 35.2 Å². The summed E-state index contributed by atoms with van der Waals surface area (Å²) in [7, 11) is 0. The molecular weight excluding hydrogens is 547 g/mol. The highest BCUT2D eigenvalue weighted by Gasteiger charge is 2.33. The van der Waals surface area contributed by atoms with Crippen LogP contribution in [0, 0.1) is 0 Å². The zero-order valence-electron chi connectivity index (χ0n) is 17.4. The van der Waals surface area contributed by atoms with Gasteiger partial charge in [0.1, 0.15) is 10.8 Å². The number of alkyl halides is 4. The summed E-state index contributed by atoms with van der Waals surface area (Å²) in [6.45, 7) is -0.551. The van der Waals surface area contributed by atoms with Gasteiger partial charge >= 0.3 is 12.1 Å². The number of carboxylic acid groups (broad SMARTS) is 1. The maximum Gasteiger partial charge on any atom is 0.416 e. The molecule has 0 radical (unpaired) electrons. The molecule has 2 amide bonds. The average molecular weight is 567 g/mol. The number of carbonyl (C=O) groups is 3. The quantitative estimate of drug-likeness (QED) is 0.0776. The van der Waals surface area contributed by atoms with Gasteiger partial charge in [0.15, 0.2) is 0 Å². The third-order valence-corrected chi connectivity index (χ3v) is 5.33. The van der Waals surface area contributed by atoms with Crippen molar-refractivity contribution in [2.24, 2.45) is 10.8 Å². The van der Waals surface area contributed by atoms with Gasteiger partial charge < -0.3 is 21.2 Å². The Balaban J connectivity index is 2.06. The number of hydrogen-bond acceptors (Lipinski definition) is 5. The van der Waals surface area contributed by atoms with Crippen LogP contribution >= 0.6 is 27.5 Å². The van der Waals surface area contributed by atoms with Gasteiger partial charge in [-0.2, -0.15) is 13.2 Å². The lowest BCUT2D eigenvalue weighted by Gasteiger charge is -2.30. The third kappa shape index (κ3) is 8.47. The lowest BCUT2D eigenvalue weighted by Crippen LogP contribution is -2.47. The second kappa shape index (κ2) is 11.5. The molecule has 0 spiro atoms. The molecule has 0 bridgehead atoms. The minimum absolute atomic E-state index is 0.118. The van der Waals surface area contributed by atoms with Crippen LogP contribution in [-0.2, 0) is 15.8 Å². The fourth-order valence-electron chi connectivity index (χ4n) is 3.03. The topological polar surface area (TPSA) is 146 Å². The first kappa shape index (κ1) is 27.3. The molecule has 0 heterocycles. The fourth-order valence-corrected chi connectivity index (χ4v) is 4.33. The number of nitrogens with two attached hydrogens (primary N) is 1. The van der Waals surface area contributed by atoms with Crippen molar-refractivity contribution in [1.82, 2.24) is 16.1 Å². The molecule has 1 aromatic carbocycles. The molecule has 0 aliphatic heterocycles. The average Bonchev–Trinajstić information content (AvgIpc) is 2.72. The number of rotatable bonds is 9. The van der Waals surface area contributed by atoms with Crippen LogP contribution in [0.5, 0.6) is 0 Å². The van der Waals surface area contributed by atoms with E-state index in [0.717, 1.165) is 18.5 Å². The monoisotopic (exact) mass is 565 g/mol. The summed E-state index contributed by atoms with van der Waals surface area (Å²) >= 11 is 9.43. The van der Waals surface area contributed by atoms with Crippen molar-refractivity contribution in [2.45, 2.75) is 29.9 Å². The van der Waals surface area contributed by atoms with Gasteiger partial charge in [0.25, 0.3) is 5.91 Å². The summed E-state index contributed by atoms with van der Waals surface area (Å²) < 4.78 is 38.4. The van der Waals surface area contributed by atoms with E-state index in [1.54, 1.807) is 6.08 Å². The van der Waals surface area contributed by atoms with Gasteiger partial charge in [-0.25, -0.2) is 10.8 Å². The van der Waals surface area contributed by atoms with Crippen molar-refractivity contribution in [1.29, 1.82) is 0 Å². The van der Waals surface area contributed by atoms with E-state index in [-0.39, 0.29) is 35.5 Å². The Morgan fingerprint density at radius 2 is 2.00 bits per heavy atom. The number of hydrogen-bond donors (Lipinski definition) is 5. The van der Waals surface area contributed by atoms with Crippen molar-refractivity contribution in [3.05, 3.63) is 52.1 Å². The molecule has 1 atom stereocenters. The van der Waals surface area contributed by atoms with Crippen LogP contribution in [0.15, 0.2) is 45.9 Å². The van der Waals surface area contributed by atoms with Gasteiger partial charge in [-0.05, 0) is 36.8 Å². The maximum atomic E-state index is 13.2. The van der Waals surface area contributed by atoms with E-state index in [1.807, 2.05) is 5.43 Å². The largest absolute Gasteiger partial charge is 0.481 e. The maximum absolute atomic E-state index is 13.2. The number of amides is 2. The number of aliphatic imine (C=N–C) groups is 1. The van der Waals surface area contributed by atoms with Crippen molar-refractivity contribution < 1.29 is 32.7 Å². The normalized spacial score (nSPS) is 18.2. The second-order valence-corrected chi connectivity index (χ2v) is 9.04. The van der Waals surface area contributed by atoms with Crippen molar-refractivity contribution >= 4 is 57.3 Å². The van der Waals surface area contributed by atoms with E-state index in [9.17, 15) is 27.6 Å². The standard InChI is InChI=1S/C20H20BrClF3N5O4/c21-19(7-11(1-2-17(32)33)3-14(22)8-19)30-16(31)9-27-18(34)12-4-13(20(23,24)25)6-15(5-12)28-10-29-26/h3-6,8,10H,1-2,7,9,26H2,(H,27,34)(H,28,29)(H,30,31)(H,32,33). The summed E-state index contributed by atoms with van der Waals surface area (Å²) in [5.41, 5.74) is 1.09. The lowest BCUT2D eigenvalue weighted by atomic mass is 9.96. The predicted molar refractivity (Wildman–Crippen MR) is 123 cm³/mol. The van der Waals surface area contributed by atoms with Gasteiger partial charge in [-0.3, -0.25) is 14.4 Å². The number of nitrogens with one attached hydrogen (secondary N) is 3. The Labute approximate surface area is 205 Å². The number of hydrazine groups is 1. The van der Waals surface area contributed by atoms with Crippen molar-refractivity contribution in [3.8, 4) is 0 Å². The zero-order valence-corrected chi connectivity index (χ0v) is 19.7. The molecule has 0 aromatic heterocycles. The van der Waals surface area contributed by atoms with Gasteiger partial charge in [0.2, 0.25) is 5.91 Å². The number of allylic oxidation sites excluding steroid dienone is 2. The molecule has 9 nitrogen and oxygen atoms in total. The van der Waals surface area contributed by atoms with Crippen LogP contribution < -0.4 is 21.9 Å². The summed E-state index contributed by atoms with van der Waals surface area (Å²) in [6, 6.07) is 2.48. The Kier molecular flexibility index (Phi) is 9.24. The molecule has 34 heavy (non-hydrogen) atoms. The van der Waals surface area contributed by atoms with Gasteiger partial charge in [-0.1, -0.05) is 33.1 Å². The smallest absolute Gasteiger partial charge is 0.416 e. The first-order chi connectivity index (χ1) is 15.8. The molecule has 1 aromatic rings. The van der Waals surface area contributed by atoms with Crippen molar-refractivity contribution in [3.63, 3.8) is 0 Å². The Bertz CT molecular complexity index is 1060. The number of nitrogens with zero attached hydrogens (tertiary/aromatic N) is 1.